The van der Waals surface area contributed by atoms with Crippen LogP contribution in [-0.2, 0) is 24.1 Å². The van der Waals surface area contributed by atoms with Crippen LogP contribution in [0, 0.1) is 11.3 Å². The van der Waals surface area contributed by atoms with Crippen LogP contribution < -0.4 is 14.8 Å². The van der Waals surface area contributed by atoms with Crippen LogP contribution in [0.2, 0.25) is 0 Å². The summed E-state index contributed by atoms with van der Waals surface area (Å²) in [5, 5.41) is 13.1. The monoisotopic (exact) mass is 425 g/mol. The third-order valence-electron chi connectivity index (χ3n) is 5.16. The average molecular weight is 426 g/mol. The van der Waals surface area contributed by atoms with E-state index in [1.165, 1.54) is 23.7 Å². The summed E-state index contributed by atoms with van der Waals surface area (Å²) in [4.78, 5) is 17.0. The Labute approximate surface area is 182 Å². The number of benzene rings is 1. The maximum absolute atomic E-state index is 12.3. The first-order valence-corrected chi connectivity index (χ1v) is 11.2. The van der Waals surface area contributed by atoms with Crippen molar-refractivity contribution in [3.63, 3.8) is 0 Å². The van der Waals surface area contributed by atoms with Gasteiger partial charge in [0.05, 0.1) is 25.5 Å². The van der Waals surface area contributed by atoms with Gasteiger partial charge in [-0.25, -0.2) is 4.98 Å². The van der Waals surface area contributed by atoms with Gasteiger partial charge in [-0.1, -0.05) is 24.2 Å². The van der Waals surface area contributed by atoms with Gasteiger partial charge in [-0.05, 0) is 61.4 Å². The maximum atomic E-state index is 12.3. The number of carbonyl (C=O) groups excluding carboxylic acids is 1. The summed E-state index contributed by atoms with van der Waals surface area (Å²) < 4.78 is 10.6. The van der Waals surface area contributed by atoms with Crippen LogP contribution in [0.4, 0.5) is 0 Å². The van der Waals surface area contributed by atoms with Gasteiger partial charge < -0.3 is 14.8 Å². The SMILES string of the molecule is COc1ccc(CCNC(=O)CSc2nc3c(cc2C#N)CCCCC3)cc1OC. The fraction of sp³-hybridized carbons (Fsp3) is 0.435. The summed E-state index contributed by atoms with van der Waals surface area (Å²) in [6.07, 6.45) is 6.10. The minimum atomic E-state index is -0.0684. The van der Waals surface area contributed by atoms with Crippen LogP contribution in [0.5, 0.6) is 11.5 Å². The van der Waals surface area contributed by atoms with Gasteiger partial charge >= 0.3 is 0 Å². The average Bonchev–Trinajstić information content (AvgIpc) is 3.01. The molecule has 0 aliphatic heterocycles. The second-order valence-corrected chi connectivity index (χ2v) is 8.16. The van der Waals surface area contributed by atoms with Crippen molar-refractivity contribution in [1.29, 1.82) is 5.26 Å². The van der Waals surface area contributed by atoms with Crippen molar-refractivity contribution >= 4 is 17.7 Å². The van der Waals surface area contributed by atoms with E-state index in [9.17, 15) is 10.1 Å². The summed E-state index contributed by atoms with van der Waals surface area (Å²) in [5.41, 5.74) is 3.90. The Balaban J connectivity index is 1.52. The number of rotatable bonds is 8. The van der Waals surface area contributed by atoms with Crippen molar-refractivity contribution in [2.45, 2.75) is 43.6 Å². The van der Waals surface area contributed by atoms with Crippen LogP contribution in [0.25, 0.3) is 0 Å². The molecule has 0 spiro atoms. The Hall–Kier alpha value is -2.72. The van der Waals surface area contributed by atoms with Crippen molar-refractivity contribution < 1.29 is 14.3 Å². The summed E-state index contributed by atoms with van der Waals surface area (Å²) in [6.45, 7) is 0.525. The predicted octanol–water partition coefficient (Wildman–Crippen LogP) is 3.69. The molecule has 0 radical (unpaired) electrons. The maximum Gasteiger partial charge on any atom is 0.230 e. The number of fused-ring (bicyclic) bond motifs is 1. The molecular weight excluding hydrogens is 398 g/mol. The van der Waals surface area contributed by atoms with Gasteiger partial charge in [-0.2, -0.15) is 5.26 Å². The summed E-state index contributed by atoms with van der Waals surface area (Å²) >= 11 is 1.33. The predicted molar refractivity (Wildman–Crippen MR) is 117 cm³/mol. The Morgan fingerprint density at radius 2 is 1.97 bits per heavy atom. The number of aromatic nitrogens is 1. The van der Waals surface area contributed by atoms with Crippen molar-refractivity contribution in [2.75, 3.05) is 26.5 Å². The molecule has 158 valence electrons. The van der Waals surface area contributed by atoms with E-state index in [4.69, 9.17) is 14.5 Å². The quantitative estimate of drug-likeness (QED) is 0.513. The van der Waals surface area contributed by atoms with Gasteiger partial charge in [0.25, 0.3) is 0 Å². The van der Waals surface area contributed by atoms with E-state index in [0.717, 1.165) is 36.9 Å². The number of amides is 1. The number of methoxy groups -OCH3 is 2. The summed E-state index contributed by atoms with van der Waals surface area (Å²) in [6, 6.07) is 9.94. The zero-order valence-corrected chi connectivity index (χ0v) is 18.3. The Morgan fingerprint density at radius 3 is 2.73 bits per heavy atom. The molecule has 0 bridgehead atoms. The lowest BCUT2D eigenvalue weighted by molar-refractivity contribution is -0.118. The standard InChI is InChI=1S/C23H27N3O3S/c1-28-20-9-8-16(12-21(20)29-2)10-11-25-22(27)15-30-23-18(14-24)13-17-6-4-3-5-7-19(17)26-23/h8-9,12-13H,3-7,10-11,15H2,1-2H3,(H,25,27). The van der Waals surface area contributed by atoms with Crippen molar-refractivity contribution in [2.24, 2.45) is 0 Å². The zero-order chi connectivity index (χ0) is 21.3. The first-order valence-electron chi connectivity index (χ1n) is 10.2. The highest BCUT2D eigenvalue weighted by atomic mass is 32.2. The van der Waals surface area contributed by atoms with Crippen LogP contribution in [-0.4, -0.2) is 37.4 Å². The van der Waals surface area contributed by atoms with Crippen LogP contribution >= 0.6 is 11.8 Å². The van der Waals surface area contributed by atoms with Gasteiger partial charge in [0.2, 0.25) is 5.91 Å². The first kappa shape index (κ1) is 22.0. The molecule has 3 rings (SSSR count). The van der Waals surface area contributed by atoms with Gasteiger partial charge in [-0.3, -0.25) is 4.79 Å². The number of nitriles is 1. The fourth-order valence-electron chi connectivity index (χ4n) is 3.55. The Bertz CT molecular complexity index is 940. The second kappa shape index (κ2) is 10.9. The van der Waals surface area contributed by atoms with E-state index in [1.54, 1.807) is 14.2 Å². The minimum absolute atomic E-state index is 0.0684. The number of aryl methyl sites for hydroxylation is 2. The molecule has 1 amide bonds. The van der Waals surface area contributed by atoms with Gasteiger partial charge in [0, 0.05) is 12.2 Å². The van der Waals surface area contributed by atoms with Crippen molar-refractivity contribution in [3.05, 3.63) is 46.6 Å². The number of hydrogen-bond donors (Lipinski definition) is 1. The van der Waals surface area contributed by atoms with Gasteiger partial charge in [0.15, 0.2) is 11.5 Å². The molecule has 1 aliphatic carbocycles. The van der Waals surface area contributed by atoms with Crippen LogP contribution in [0.15, 0.2) is 29.3 Å². The number of pyridine rings is 1. The lowest BCUT2D eigenvalue weighted by Gasteiger charge is -2.11. The molecule has 30 heavy (non-hydrogen) atoms. The molecule has 1 heterocycles. The summed E-state index contributed by atoms with van der Waals surface area (Å²) in [7, 11) is 3.21. The highest BCUT2D eigenvalue weighted by Crippen LogP contribution is 2.28. The van der Waals surface area contributed by atoms with Crippen LogP contribution in [0.1, 0.15) is 41.6 Å². The molecule has 1 aromatic carbocycles. The lowest BCUT2D eigenvalue weighted by Crippen LogP contribution is -2.27. The molecule has 0 fully saturated rings. The number of nitrogens with zero attached hydrogens (tertiary/aromatic N) is 2. The number of hydrogen-bond acceptors (Lipinski definition) is 6. The first-order chi connectivity index (χ1) is 14.6. The molecule has 1 aliphatic rings. The number of nitrogens with one attached hydrogen (secondary N) is 1. The molecule has 7 heteroatoms. The molecule has 0 unspecified atom stereocenters. The number of carbonyl (C=O) groups is 1. The number of thioether (sulfide) groups is 1. The molecule has 1 N–H and O–H groups in total. The Morgan fingerprint density at radius 1 is 1.17 bits per heavy atom. The zero-order valence-electron chi connectivity index (χ0n) is 17.5. The van der Waals surface area contributed by atoms with Crippen LogP contribution in [0.3, 0.4) is 0 Å². The third kappa shape index (κ3) is 5.67. The van der Waals surface area contributed by atoms with E-state index in [2.05, 4.69) is 11.4 Å². The van der Waals surface area contributed by atoms with Gasteiger partial charge in [-0.15, -0.1) is 0 Å². The minimum Gasteiger partial charge on any atom is -0.493 e. The molecule has 0 saturated heterocycles. The highest BCUT2D eigenvalue weighted by molar-refractivity contribution is 8.00. The van der Waals surface area contributed by atoms with Crippen molar-refractivity contribution in [1.82, 2.24) is 10.3 Å². The van der Waals surface area contributed by atoms with E-state index >= 15 is 0 Å². The third-order valence-corrected chi connectivity index (χ3v) is 6.15. The van der Waals surface area contributed by atoms with Gasteiger partial charge in [0.1, 0.15) is 11.1 Å². The smallest absolute Gasteiger partial charge is 0.230 e. The molecule has 0 atom stereocenters. The molecule has 2 aromatic rings. The number of ether oxygens (including phenoxy) is 2. The second-order valence-electron chi connectivity index (χ2n) is 7.20. The van der Waals surface area contributed by atoms with Crippen molar-refractivity contribution in [3.8, 4) is 17.6 Å². The fourth-order valence-corrected chi connectivity index (χ4v) is 4.35. The summed E-state index contributed by atoms with van der Waals surface area (Å²) in [5.74, 6) is 1.53. The molecule has 1 aromatic heterocycles. The highest BCUT2D eigenvalue weighted by Gasteiger charge is 2.15. The van der Waals surface area contributed by atoms with E-state index in [0.29, 0.717) is 35.1 Å². The Kier molecular flexibility index (Phi) is 7.97. The van der Waals surface area contributed by atoms with E-state index < -0.39 is 0 Å². The molecule has 0 saturated carbocycles. The molecular formula is C23H27N3O3S. The van der Waals surface area contributed by atoms with E-state index in [1.807, 2.05) is 24.3 Å². The topological polar surface area (TPSA) is 84.2 Å². The molecule has 6 nitrogen and oxygen atoms in total. The largest absolute Gasteiger partial charge is 0.493 e. The van der Waals surface area contributed by atoms with E-state index in [-0.39, 0.29) is 11.7 Å². The normalized spacial score (nSPS) is 13.0. The lowest BCUT2D eigenvalue weighted by atomic mass is 10.1.